The van der Waals surface area contributed by atoms with E-state index in [-0.39, 0.29) is 12.1 Å². The van der Waals surface area contributed by atoms with Gasteiger partial charge in [-0.05, 0) is 20.3 Å². The molecular weight excluding hydrogens is 184 g/mol. The van der Waals surface area contributed by atoms with Gasteiger partial charge in [0.05, 0.1) is 5.92 Å². The van der Waals surface area contributed by atoms with Gasteiger partial charge in [0.2, 0.25) is 0 Å². The quantitative estimate of drug-likeness (QED) is 0.617. The first-order valence-corrected chi connectivity index (χ1v) is 4.76. The van der Waals surface area contributed by atoms with Crippen LogP contribution in [-0.2, 0) is 4.79 Å². The summed E-state index contributed by atoms with van der Waals surface area (Å²) in [6, 6.07) is -0.684. The minimum atomic E-state index is -0.909. The van der Waals surface area contributed by atoms with E-state index in [1.807, 2.05) is 6.92 Å². The predicted octanol–water partition coefficient (Wildman–Crippen LogP) is 0.805. The van der Waals surface area contributed by atoms with E-state index in [9.17, 15) is 9.59 Å². The Morgan fingerprint density at radius 3 is 2.36 bits per heavy atom. The van der Waals surface area contributed by atoms with Crippen LogP contribution in [0.1, 0.15) is 27.2 Å². The maximum absolute atomic E-state index is 11.1. The van der Waals surface area contributed by atoms with Gasteiger partial charge in [-0.3, -0.25) is 4.79 Å². The van der Waals surface area contributed by atoms with Crippen molar-refractivity contribution in [2.24, 2.45) is 5.92 Å². The van der Waals surface area contributed by atoms with Crippen LogP contribution in [0.25, 0.3) is 0 Å². The SMILES string of the molecule is CCCNC(=O)NC(C)C(C)C(=O)O. The van der Waals surface area contributed by atoms with Gasteiger partial charge < -0.3 is 15.7 Å². The summed E-state index contributed by atoms with van der Waals surface area (Å²) in [5.41, 5.74) is 0. The van der Waals surface area contributed by atoms with Gasteiger partial charge in [-0.1, -0.05) is 6.92 Å². The zero-order chi connectivity index (χ0) is 11.1. The Morgan fingerprint density at radius 1 is 1.36 bits per heavy atom. The first-order chi connectivity index (χ1) is 6.49. The Kier molecular flexibility index (Phi) is 5.67. The van der Waals surface area contributed by atoms with E-state index in [4.69, 9.17) is 5.11 Å². The van der Waals surface area contributed by atoms with Gasteiger partial charge in [0, 0.05) is 12.6 Å². The van der Waals surface area contributed by atoms with E-state index in [1.54, 1.807) is 13.8 Å². The highest BCUT2D eigenvalue weighted by molar-refractivity contribution is 5.76. The second kappa shape index (κ2) is 6.23. The molecule has 0 aliphatic heterocycles. The maximum atomic E-state index is 11.1. The van der Waals surface area contributed by atoms with Gasteiger partial charge >= 0.3 is 12.0 Å². The fraction of sp³-hybridized carbons (Fsp3) is 0.778. The second-order valence-corrected chi connectivity index (χ2v) is 3.32. The van der Waals surface area contributed by atoms with Gasteiger partial charge in [0.1, 0.15) is 0 Å². The molecule has 2 atom stereocenters. The van der Waals surface area contributed by atoms with Crippen molar-refractivity contribution in [3.8, 4) is 0 Å². The van der Waals surface area contributed by atoms with Gasteiger partial charge in [-0.2, -0.15) is 0 Å². The fourth-order valence-electron chi connectivity index (χ4n) is 0.835. The van der Waals surface area contributed by atoms with Gasteiger partial charge in [0.25, 0.3) is 0 Å². The molecule has 0 aromatic heterocycles. The Balaban J connectivity index is 3.86. The molecule has 0 bridgehead atoms. The summed E-state index contributed by atoms with van der Waals surface area (Å²) in [5, 5.41) is 13.8. The lowest BCUT2D eigenvalue weighted by molar-refractivity contribution is -0.141. The maximum Gasteiger partial charge on any atom is 0.315 e. The summed E-state index contributed by atoms with van der Waals surface area (Å²) in [7, 11) is 0. The molecular formula is C9H18N2O3. The van der Waals surface area contributed by atoms with E-state index in [1.165, 1.54) is 0 Å². The molecule has 0 spiro atoms. The lowest BCUT2D eigenvalue weighted by Crippen LogP contribution is -2.45. The number of hydrogen-bond acceptors (Lipinski definition) is 2. The summed E-state index contributed by atoms with van der Waals surface area (Å²) < 4.78 is 0. The standard InChI is InChI=1S/C9H18N2O3/c1-4-5-10-9(14)11-7(3)6(2)8(12)13/h6-7H,4-5H2,1-3H3,(H,12,13)(H2,10,11,14). The highest BCUT2D eigenvalue weighted by Gasteiger charge is 2.20. The number of hydrogen-bond donors (Lipinski definition) is 3. The molecule has 0 fully saturated rings. The van der Waals surface area contributed by atoms with E-state index >= 15 is 0 Å². The van der Waals surface area contributed by atoms with E-state index in [0.717, 1.165) is 6.42 Å². The first-order valence-electron chi connectivity index (χ1n) is 4.76. The Bertz CT molecular complexity index is 206. The molecule has 0 radical (unpaired) electrons. The van der Waals surface area contributed by atoms with Gasteiger partial charge in [-0.25, -0.2) is 4.79 Å². The molecule has 82 valence electrons. The average molecular weight is 202 g/mol. The molecule has 0 aliphatic rings. The van der Waals surface area contributed by atoms with Crippen LogP contribution in [0.5, 0.6) is 0 Å². The summed E-state index contributed by atoms with van der Waals surface area (Å²) >= 11 is 0. The molecule has 0 aliphatic carbocycles. The Morgan fingerprint density at radius 2 is 1.93 bits per heavy atom. The minimum Gasteiger partial charge on any atom is -0.481 e. The van der Waals surface area contributed by atoms with Crippen LogP contribution in [0.3, 0.4) is 0 Å². The zero-order valence-corrected chi connectivity index (χ0v) is 8.83. The highest BCUT2D eigenvalue weighted by atomic mass is 16.4. The van der Waals surface area contributed by atoms with Crippen LogP contribution in [-0.4, -0.2) is 29.7 Å². The summed E-state index contributed by atoms with van der Waals surface area (Å²) in [6.07, 6.45) is 0.857. The number of carbonyl (C=O) groups is 2. The largest absolute Gasteiger partial charge is 0.481 e. The number of carboxylic acid groups (broad SMARTS) is 1. The Hall–Kier alpha value is -1.26. The molecule has 0 rings (SSSR count). The zero-order valence-electron chi connectivity index (χ0n) is 8.83. The van der Waals surface area contributed by atoms with Crippen LogP contribution in [0.15, 0.2) is 0 Å². The monoisotopic (exact) mass is 202 g/mol. The molecule has 5 nitrogen and oxygen atoms in total. The van der Waals surface area contributed by atoms with Crippen molar-refractivity contribution in [2.75, 3.05) is 6.54 Å². The van der Waals surface area contributed by atoms with Crippen molar-refractivity contribution in [3.05, 3.63) is 0 Å². The average Bonchev–Trinajstić information content (AvgIpc) is 2.13. The van der Waals surface area contributed by atoms with Crippen LogP contribution in [0.2, 0.25) is 0 Å². The lowest BCUT2D eigenvalue weighted by Gasteiger charge is -2.17. The third-order valence-electron chi connectivity index (χ3n) is 2.03. The number of aliphatic carboxylic acids is 1. The molecule has 0 saturated carbocycles. The number of nitrogens with one attached hydrogen (secondary N) is 2. The van der Waals surface area contributed by atoms with Gasteiger partial charge in [0.15, 0.2) is 0 Å². The predicted molar refractivity (Wildman–Crippen MR) is 53.1 cm³/mol. The number of carboxylic acids is 1. The highest BCUT2D eigenvalue weighted by Crippen LogP contribution is 2.01. The number of rotatable bonds is 5. The number of carbonyl (C=O) groups excluding carboxylic acids is 1. The van der Waals surface area contributed by atoms with Crippen molar-refractivity contribution < 1.29 is 14.7 Å². The van der Waals surface area contributed by atoms with Gasteiger partial charge in [-0.15, -0.1) is 0 Å². The molecule has 14 heavy (non-hydrogen) atoms. The fourth-order valence-corrected chi connectivity index (χ4v) is 0.835. The van der Waals surface area contributed by atoms with Crippen molar-refractivity contribution in [1.82, 2.24) is 10.6 Å². The molecule has 0 aromatic rings. The molecule has 0 saturated heterocycles. The molecule has 5 heteroatoms. The summed E-state index contributed by atoms with van der Waals surface area (Å²) in [4.78, 5) is 21.7. The smallest absolute Gasteiger partial charge is 0.315 e. The van der Waals surface area contributed by atoms with Crippen molar-refractivity contribution in [3.63, 3.8) is 0 Å². The molecule has 0 aromatic carbocycles. The van der Waals surface area contributed by atoms with Crippen LogP contribution >= 0.6 is 0 Å². The van der Waals surface area contributed by atoms with E-state index in [2.05, 4.69) is 10.6 Å². The van der Waals surface area contributed by atoms with Crippen LogP contribution < -0.4 is 10.6 Å². The molecule has 2 unspecified atom stereocenters. The molecule has 0 heterocycles. The molecule has 3 N–H and O–H groups in total. The normalized spacial score (nSPS) is 14.2. The van der Waals surface area contributed by atoms with Crippen molar-refractivity contribution >= 4 is 12.0 Å². The minimum absolute atomic E-state index is 0.313. The molecule has 2 amide bonds. The number of amides is 2. The van der Waals surface area contributed by atoms with E-state index < -0.39 is 11.9 Å². The topological polar surface area (TPSA) is 78.4 Å². The van der Waals surface area contributed by atoms with Crippen LogP contribution in [0, 0.1) is 5.92 Å². The first kappa shape index (κ1) is 12.7. The summed E-state index contributed by atoms with van der Waals surface area (Å²) in [5.74, 6) is -1.49. The second-order valence-electron chi connectivity index (χ2n) is 3.32. The lowest BCUT2D eigenvalue weighted by atomic mass is 10.0. The van der Waals surface area contributed by atoms with E-state index in [0.29, 0.717) is 6.54 Å². The third kappa shape index (κ3) is 4.69. The van der Waals surface area contributed by atoms with Crippen molar-refractivity contribution in [2.45, 2.75) is 33.2 Å². The van der Waals surface area contributed by atoms with Crippen LogP contribution in [0.4, 0.5) is 4.79 Å². The Labute approximate surface area is 83.9 Å². The summed E-state index contributed by atoms with van der Waals surface area (Å²) in [6.45, 7) is 5.78. The number of urea groups is 1. The third-order valence-corrected chi connectivity index (χ3v) is 2.03. The van der Waals surface area contributed by atoms with Crippen molar-refractivity contribution in [1.29, 1.82) is 0 Å².